The fraction of sp³-hybridized carbons (Fsp3) is 0.125. The fourth-order valence-electron chi connectivity index (χ4n) is 1.15. The van der Waals surface area contributed by atoms with E-state index >= 15 is 0 Å². The van der Waals surface area contributed by atoms with Gasteiger partial charge in [-0.05, 0) is 0 Å². The number of nitrogens with one attached hydrogen (secondary N) is 1. The second kappa shape index (κ2) is 3.40. The average Bonchev–Trinajstić information content (AvgIpc) is 2.47. The number of fused-ring (bicyclic) bond motifs is 1. The van der Waals surface area contributed by atoms with E-state index in [0.29, 0.717) is 11.0 Å². The van der Waals surface area contributed by atoms with E-state index in [0.717, 1.165) is 12.1 Å². The number of phenols is 1. The Kier molecular flexibility index (Phi) is 2.45. The van der Waals surface area contributed by atoms with Crippen molar-refractivity contribution in [1.82, 2.24) is 9.97 Å². The van der Waals surface area contributed by atoms with Crippen molar-refractivity contribution >= 4 is 45.8 Å². The van der Waals surface area contributed by atoms with E-state index in [4.69, 9.17) is 39.9 Å². The van der Waals surface area contributed by atoms with Crippen LogP contribution in [-0.2, 0) is 3.79 Å². The molecule has 0 fully saturated rings. The number of benzene rings is 1. The first-order chi connectivity index (χ1) is 6.88. The fourth-order valence-corrected chi connectivity index (χ4v) is 1.42. The number of halogens is 4. The molecule has 2 N–H and O–H groups in total. The van der Waals surface area contributed by atoms with Gasteiger partial charge in [-0.3, -0.25) is 0 Å². The molecule has 7 heteroatoms. The highest BCUT2D eigenvalue weighted by Gasteiger charge is 2.27. The Balaban J connectivity index is 2.66. The van der Waals surface area contributed by atoms with E-state index in [9.17, 15) is 4.39 Å². The zero-order valence-corrected chi connectivity index (χ0v) is 9.33. The minimum absolute atomic E-state index is 0.0764. The number of aromatic nitrogens is 2. The normalized spacial score (nSPS) is 12.3. The van der Waals surface area contributed by atoms with Gasteiger partial charge >= 0.3 is 0 Å². The van der Waals surface area contributed by atoms with Crippen molar-refractivity contribution in [3.05, 3.63) is 23.8 Å². The first-order valence-electron chi connectivity index (χ1n) is 3.83. The Bertz CT molecular complexity index is 481. The topological polar surface area (TPSA) is 48.9 Å². The molecule has 0 unspecified atom stereocenters. The summed E-state index contributed by atoms with van der Waals surface area (Å²) in [5.74, 6) is -1.18. The summed E-state index contributed by atoms with van der Waals surface area (Å²) in [6.45, 7) is 0. The molecule has 15 heavy (non-hydrogen) atoms. The van der Waals surface area contributed by atoms with Crippen molar-refractivity contribution < 1.29 is 9.50 Å². The van der Waals surface area contributed by atoms with E-state index in [2.05, 4.69) is 9.97 Å². The minimum atomic E-state index is -1.70. The molecule has 0 aliphatic rings. The van der Waals surface area contributed by atoms with Gasteiger partial charge < -0.3 is 10.1 Å². The molecule has 0 saturated carbocycles. The third kappa shape index (κ3) is 1.97. The smallest absolute Gasteiger partial charge is 0.248 e. The Morgan fingerprint density at radius 1 is 1.33 bits per heavy atom. The highest BCUT2D eigenvalue weighted by Crippen LogP contribution is 2.37. The van der Waals surface area contributed by atoms with Gasteiger partial charge in [0.15, 0.2) is 17.4 Å². The predicted octanol–water partition coefficient (Wildman–Crippen LogP) is 3.23. The van der Waals surface area contributed by atoms with Crippen LogP contribution in [0, 0.1) is 5.82 Å². The number of H-pyrrole nitrogens is 1. The summed E-state index contributed by atoms with van der Waals surface area (Å²) in [7, 11) is 0. The number of rotatable bonds is 0. The lowest BCUT2D eigenvalue weighted by atomic mass is 10.3. The Hall–Kier alpha value is -0.710. The van der Waals surface area contributed by atoms with Gasteiger partial charge in [-0.2, -0.15) is 0 Å². The molecule has 0 spiro atoms. The molecular weight excluding hydrogens is 265 g/mol. The number of hydrogen-bond acceptors (Lipinski definition) is 2. The molecule has 2 rings (SSSR count). The molecule has 0 bridgehead atoms. The highest BCUT2D eigenvalue weighted by atomic mass is 35.6. The van der Waals surface area contributed by atoms with Crippen LogP contribution in [0.5, 0.6) is 5.75 Å². The standard InChI is InChI=1S/C8H4Cl3FN2O/c9-8(10,11)7-13-4-1-3(12)6(15)2-5(4)14-7/h1-2,15H,(H,13,14). The minimum Gasteiger partial charge on any atom is -0.505 e. The molecule has 1 aromatic carbocycles. The number of alkyl halides is 3. The number of phenolic OH excluding ortho intramolecular Hbond substituents is 1. The summed E-state index contributed by atoms with van der Waals surface area (Å²) in [4.78, 5) is 6.55. The first kappa shape index (κ1) is 10.8. The molecule has 1 heterocycles. The molecule has 1 aromatic heterocycles. The van der Waals surface area contributed by atoms with Gasteiger partial charge in [0.1, 0.15) is 0 Å². The first-order valence-corrected chi connectivity index (χ1v) is 4.97. The maximum atomic E-state index is 13.0. The molecule has 80 valence electrons. The van der Waals surface area contributed by atoms with E-state index < -0.39 is 15.4 Å². The lowest BCUT2D eigenvalue weighted by Crippen LogP contribution is -2.01. The lowest BCUT2D eigenvalue weighted by molar-refractivity contribution is 0.433. The molecule has 3 nitrogen and oxygen atoms in total. The van der Waals surface area contributed by atoms with Gasteiger partial charge in [0.2, 0.25) is 3.79 Å². The Labute approximate surface area is 98.8 Å². The maximum absolute atomic E-state index is 13.0. The predicted molar refractivity (Wildman–Crippen MR) is 57.0 cm³/mol. The second-order valence-corrected chi connectivity index (χ2v) is 5.19. The summed E-state index contributed by atoms with van der Waals surface area (Å²) in [5.41, 5.74) is 0.682. The van der Waals surface area contributed by atoms with E-state index in [-0.39, 0.29) is 5.82 Å². The van der Waals surface area contributed by atoms with Crippen LogP contribution in [0.4, 0.5) is 4.39 Å². The van der Waals surface area contributed by atoms with Gasteiger partial charge in [0, 0.05) is 12.1 Å². The van der Waals surface area contributed by atoms with Crippen LogP contribution in [0.15, 0.2) is 12.1 Å². The van der Waals surface area contributed by atoms with Gasteiger partial charge in [-0.1, -0.05) is 34.8 Å². The summed E-state index contributed by atoms with van der Waals surface area (Å²) < 4.78 is 11.3. The largest absolute Gasteiger partial charge is 0.505 e. The molecule has 0 radical (unpaired) electrons. The molecule has 2 aromatic rings. The van der Waals surface area contributed by atoms with Crippen molar-refractivity contribution in [2.45, 2.75) is 3.79 Å². The Morgan fingerprint density at radius 2 is 2.00 bits per heavy atom. The SMILES string of the molecule is Oc1cc2nc(C(Cl)(Cl)Cl)[nH]c2cc1F. The van der Waals surface area contributed by atoms with Gasteiger partial charge in [-0.25, -0.2) is 9.37 Å². The number of hydrogen-bond donors (Lipinski definition) is 2. The molecule has 0 amide bonds. The van der Waals surface area contributed by atoms with E-state index in [1.807, 2.05) is 0 Å². The molecule has 0 aliphatic heterocycles. The number of nitrogens with zero attached hydrogens (tertiary/aromatic N) is 1. The molecular formula is C8H4Cl3FN2O. The van der Waals surface area contributed by atoms with Crippen LogP contribution in [0.25, 0.3) is 11.0 Å². The van der Waals surface area contributed by atoms with Crippen molar-refractivity contribution in [1.29, 1.82) is 0 Å². The van der Waals surface area contributed by atoms with Gasteiger partial charge in [0.05, 0.1) is 11.0 Å². The van der Waals surface area contributed by atoms with Crippen molar-refractivity contribution in [3.63, 3.8) is 0 Å². The summed E-state index contributed by atoms with van der Waals surface area (Å²) in [6.07, 6.45) is 0. The van der Waals surface area contributed by atoms with Crippen molar-refractivity contribution in [2.24, 2.45) is 0 Å². The summed E-state index contributed by atoms with van der Waals surface area (Å²) in [5, 5.41) is 9.10. The monoisotopic (exact) mass is 268 g/mol. The van der Waals surface area contributed by atoms with Crippen LogP contribution >= 0.6 is 34.8 Å². The van der Waals surface area contributed by atoms with Gasteiger partial charge in [-0.15, -0.1) is 0 Å². The molecule has 0 aliphatic carbocycles. The van der Waals surface area contributed by atoms with Crippen LogP contribution < -0.4 is 0 Å². The summed E-state index contributed by atoms with van der Waals surface area (Å²) >= 11 is 16.8. The summed E-state index contributed by atoms with van der Waals surface area (Å²) in [6, 6.07) is 2.23. The maximum Gasteiger partial charge on any atom is 0.248 e. The van der Waals surface area contributed by atoms with Crippen LogP contribution in [-0.4, -0.2) is 15.1 Å². The molecule has 0 saturated heterocycles. The third-order valence-electron chi connectivity index (χ3n) is 1.82. The second-order valence-electron chi connectivity index (χ2n) is 2.90. The average molecular weight is 269 g/mol. The number of imidazole rings is 1. The number of aromatic hydroxyl groups is 1. The zero-order chi connectivity index (χ0) is 11.2. The third-order valence-corrected chi connectivity index (χ3v) is 2.36. The van der Waals surface area contributed by atoms with Crippen molar-refractivity contribution in [3.8, 4) is 5.75 Å². The van der Waals surface area contributed by atoms with Crippen LogP contribution in [0.1, 0.15) is 5.82 Å². The van der Waals surface area contributed by atoms with E-state index in [1.165, 1.54) is 0 Å². The van der Waals surface area contributed by atoms with Crippen molar-refractivity contribution in [2.75, 3.05) is 0 Å². The Morgan fingerprint density at radius 3 is 2.60 bits per heavy atom. The highest BCUT2D eigenvalue weighted by molar-refractivity contribution is 6.66. The van der Waals surface area contributed by atoms with Crippen LogP contribution in [0.3, 0.4) is 0 Å². The lowest BCUT2D eigenvalue weighted by Gasteiger charge is -2.04. The van der Waals surface area contributed by atoms with Crippen LogP contribution in [0.2, 0.25) is 0 Å². The zero-order valence-electron chi connectivity index (χ0n) is 7.06. The number of aromatic amines is 1. The quantitative estimate of drug-likeness (QED) is 0.721. The molecule has 0 atom stereocenters. The van der Waals surface area contributed by atoms with Gasteiger partial charge in [0.25, 0.3) is 0 Å². The van der Waals surface area contributed by atoms with E-state index in [1.54, 1.807) is 0 Å².